The third-order valence-corrected chi connectivity index (χ3v) is 2.90. The molecule has 0 atom stereocenters. The van der Waals surface area contributed by atoms with Gasteiger partial charge >= 0.3 is 0 Å². The molecule has 0 radical (unpaired) electrons. The minimum absolute atomic E-state index is 0.171. The van der Waals surface area contributed by atoms with Crippen LogP contribution in [0.1, 0.15) is 31.5 Å². The van der Waals surface area contributed by atoms with E-state index in [4.69, 9.17) is 5.26 Å². The van der Waals surface area contributed by atoms with E-state index in [1.54, 1.807) is 12.3 Å². The predicted octanol–water partition coefficient (Wildman–Crippen LogP) is 1.30. The van der Waals surface area contributed by atoms with Crippen molar-refractivity contribution >= 4 is 5.91 Å². The normalized spacial score (nSPS) is 9.95. The topological polar surface area (TPSA) is 69.0 Å². The van der Waals surface area contributed by atoms with Gasteiger partial charge in [-0.25, -0.2) is 4.98 Å². The van der Waals surface area contributed by atoms with Gasteiger partial charge < -0.3 is 10.2 Å². The summed E-state index contributed by atoms with van der Waals surface area (Å²) in [5.74, 6) is 0.171. The maximum atomic E-state index is 11.7. The second-order valence-electron chi connectivity index (χ2n) is 4.15. The molecule has 0 aliphatic rings. The Balaban J connectivity index is 2.31. The van der Waals surface area contributed by atoms with Gasteiger partial charge in [-0.15, -0.1) is 0 Å². The van der Waals surface area contributed by atoms with Crippen molar-refractivity contribution in [3.05, 3.63) is 29.6 Å². The lowest BCUT2D eigenvalue weighted by Gasteiger charge is -2.18. The molecule has 0 bridgehead atoms. The van der Waals surface area contributed by atoms with Gasteiger partial charge in [0.15, 0.2) is 0 Å². The van der Waals surface area contributed by atoms with Gasteiger partial charge in [-0.2, -0.15) is 5.26 Å². The van der Waals surface area contributed by atoms with Crippen molar-refractivity contribution < 1.29 is 4.79 Å². The number of carbonyl (C=O) groups is 1. The maximum Gasteiger partial charge on any atom is 0.223 e. The Morgan fingerprint density at radius 2 is 2.21 bits per heavy atom. The van der Waals surface area contributed by atoms with E-state index in [0.29, 0.717) is 25.2 Å². The van der Waals surface area contributed by atoms with E-state index in [1.807, 2.05) is 30.9 Å². The third kappa shape index (κ3) is 5.06. The molecule has 102 valence electrons. The Bertz CT molecular complexity index is 449. The molecule has 1 rings (SSSR count). The number of carbonyl (C=O) groups excluding carboxylic acids is 1. The van der Waals surface area contributed by atoms with Crippen LogP contribution in [-0.2, 0) is 11.3 Å². The second-order valence-corrected chi connectivity index (χ2v) is 4.15. The summed E-state index contributed by atoms with van der Waals surface area (Å²) in [6, 6.07) is 5.62. The molecule has 1 amide bonds. The number of nitriles is 1. The van der Waals surface area contributed by atoms with E-state index < -0.39 is 0 Å². The molecule has 19 heavy (non-hydrogen) atoms. The molecule has 0 saturated heterocycles. The minimum Gasteiger partial charge on any atom is -0.343 e. The Hall–Kier alpha value is -1.93. The summed E-state index contributed by atoms with van der Waals surface area (Å²) in [6.45, 7) is 6.75. The summed E-state index contributed by atoms with van der Waals surface area (Å²) < 4.78 is 0. The highest BCUT2D eigenvalue weighted by Gasteiger charge is 2.08. The monoisotopic (exact) mass is 260 g/mol. The van der Waals surface area contributed by atoms with Crippen LogP contribution in [0.4, 0.5) is 0 Å². The highest BCUT2D eigenvalue weighted by atomic mass is 16.2. The van der Waals surface area contributed by atoms with Crippen molar-refractivity contribution in [2.24, 2.45) is 0 Å². The smallest absolute Gasteiger partial charge is 0.223 e. The average Bonchev–Trinajstić information content (AvgIpc) is 2.45. The lowest BCUT2D eigenvalue weighted by molar-refractivity contribution is -0.130. The maximum absolute atomic E-state index is 11.7. The fourth-order valence-electron chi connectivity index (χ4n) is 1.81. The number of aromatic nitrogens is 1. The molecule has 1 heterocycles. The van der Waals surface area contributed by atoms with E-state index >= 15 is 0 Å². The zero-order chi connectivity index (χ0) is 14.1. The van der Waals surface area contributed by atoms with Crippen LogP contribution in [0.25, 0.3) is 0 Å². The van der Waals surface area contributed by atoms with Gasteiger partial charge in [0.05, 0.1) is 0 Å². The van der Waals surface area contributed by atoms with Crippen molar-refractivity contribution in [1.29, 1.82) is 5.26 Å². The van der Waals surface area contributed by atoms with E-state index in [0.717, 1.165) is 18.7 Å². The Kier molecular flexibility index (Phi) is 6.55. The summed E-state index contributed by atoms with van der Waals surface area (Å²) in [4.78, 5) is 17.5. The van der Waals surface area contributed by atoms with Crippen molar-refractivity contribution in [3.63, 3.8) is 0 Å². The summed E-state index contributed by atoms with van der Waals surface area (Å²) in [5.41, 5.74) is 1.42. The number of nitrogens with one attached hydrogen (secondary N) is 1. The number of nitrogens with zero attached hydrogens (tertiary/aromatic N) is 3. The van der Waals surface area contributed by atoms with Crippen LogP contribution in [0.3, 0.4) is 0 Å². The van der Waals surface area contributed by atoms with Gasteiger partial charge in [0.25, 0.3) is 0 Å². The standard InChI is InChI=1S/C14H20N4O/c1-3-18(4-2)14(19)6-7-16-11-12-5-8-17-13(9-12)10-15/h5,8-9,16H,3-4,6-7,11H2,1-2H3. The third-order valence-electron chi connectivity index (χ3n) is 2.90. The molecule has 0 aliphatic carbocycles. The molecule has 0 spiro atoms. The van der Waals surface area contributed by atoms with Crippen LogP contribution in [-0.4, -0.2) is 35.4 Å². The molecule has 1 N–H and O–H groups in total. The lowest BCUT2D eigenvalue weighted by atomic mass is 10.2. The summed E-state index contributed by atoms with van der Waals surface area (Å²) in [5, 5.41) is 11.9. The Labute approximate surface area is 114 Å². The molecule has 5 nitrogen and oxygen atoms in total. The van der Waals surface area contributed by atoms with Crippen molar-refractivity contribution in [2.75, 3.05) is 19.6 Å². The van der Waals surface area contributed by atoms with E-state index in [9.17, 15) is 4.79 Å². The van der Waals surface area contributed by atoms with Gasteiger partial charge in [0.1, 0.15) is 11.8 Å². The highest BCUT2D eigenvalue weighted by molar-refractivity contribution is 5.76. The Morgan fingerprint density at radius 1 is 1.47 bits per heavy atom. The molecule has 0 fully saturated rings. The molecule has 0 unspecified atom stereocenters. The number of pyridine rings is 1. The molecule has 1 aromatic heterocycles. The highest BCUT2D eigenvalue weighted by Crippen LogP contribution is 2.00. The fourth-order valence-corrected chi connectivity index (χ4v) is 1.81. The summed E-state index contributed by atoms with van der Waals surface area (Å²) >= 11 is 0. The first kappa shape index (κ1) is 15.1. The molecular weight excluding hydrogens is 240 g/mol. The van der Waals surface area contributed by atoms with E-state index in [-0.39, 0.29) is 5.91 Å². The number of hydrogen-bond donors (Lipinski definition) is 1. The van der Waals surface area contributed by atoms with Gasteiger partial charge in [-0.05, 0) is 31.5 Å². The molecule has 5 heteroatoms. The van der Waals surface area contributed by atoms with Crippen LogP contribution in [0.2, 0.25) is 0 Å². The second kappa shape index (κ2) is 8.22. The molecule has 0 saturated carbocycles. The fraction of sp³-hybridized carbons (Fsp3) is 0.500. The largest absolute Gasteiger partial charge is 0.343 e. The first-order valence-electron chi connectivity index (χ1n) is 6.54. The van der Waals surface area contributed by atoms with Gasteiger partial charge in [0, 0.05) is 38.8 Å². The van der Waals surface area contributed by atoms with E-state index in [1.165, 1.54) is 0 Å². The molecular formula is C14H20N4O. The van der Waals surface area contributed by atoms with Gasteiger partial charge in [-0.3, -0.25) is 4.79 Å². The zero-order valence-corrected chi connectivity index (χ0v) is 11.5. The molecule has 0 aromatic carbocycles. The van der Waals surface area contributed by atoms with Crippen LogP contribution >= 0.6 is 0 Å². The Morgan fingerprint density at radius 3 is 2.84 bits per heavy atom. The lowest BCUT2D eigenvalue weighted by Crippen LogP contribution is -2.32. The van der Waals surface area contributed by atoms with Crippen LogP contribution < -0.4 is 5.32 Å². The van der Waals surface area contributed by atoms with Crippen molar-refractivity contribution in [1.82, 2.24) is 15.2 Å². The van der Waals surface area contributed by atoms with Gasteiger partial charge in [-0.1, -0.05) is 0 Å². The van der Waals surface area contributed by atoms with Crippen LogP contribution in [0.15, 0.2) is 18.3 Å². The molecule has 0 aliphatic heterocycles. The minimum atomic E-state index is 0.171. The van der Waals surface area contributed by atoms with Crippen LogP contribution in [0.5, 0.6) is 0 Å². The quantitative estimate of drug-likeness (QED) is 0.750. The number of amides is 1. The number of hydrogen-bond acceptors (Lipinski definition) is 4. The first-order chi connectivity index (χ1) is 9.21. The van der Waals surface area contributed by atoms with Gasteiger partial charge in [0.2, 0.25) is 5.91 Å². The van der Waals surface area contributed by atoms with Crippen molar-refractivity contribution in [3.8, 4) is 6.07 Å². The summed E-state index contributed by atoms with van der Waals surface area (Å²) in [6.07, 6.45) is 2.12. The first-order valence-corrected chi connectivity index (χ1v) is 6.54. The average molecular weight is 260 g/mol. The number of rotatable bonds is 7. The zero-order valence-electron chi connectivity index (χ0n) is 11.5. The molecule has 1 aromatic rings. The van der Waals surface area contributed by atoms with Crippen LogP contribution in [0, 0.1) is 11.3 Å². The van der Waals surface area contributed by atoms with Crippen molar-refractivity contribution in [2.45, 2.75) is 26.8 Å². The SMILES string of the molecule is CCN(CC)C(=O)CCNCc1ccnc(C#N)c1. The summed E-state index contributed by atoms with van der Waals surface area (Å²) in [7, 11) is 0. The predicted molar refractivity (Wildman–Crippen MR) is 73.2 cm³/mol. The van der Waals surface area contributed by atoms with E-state index in [2.05, 4.69) is 10.3 Å².